The molecule has 9 heteroatoms. The number of rotatable bonds is 4. The van der Waals surface area contributed by atoms with Gasteiger partial charge in [-0.2, -0.15) is 0 Å². The second-order valence-electron chi connectivity index (χ2n) is 4.01. The first-order valence-electron chi connectivity index (χ1n) is 5.61. The predicted molar refractivity (Wildman–Crippen MR) is 72.8 cm³/mol. The van der Waals surface area contributed by atoms with E-state index in [1.165, 1.54) is 18.2 Å². The standard InChI is InChI=1S/C12H9N3O6/c16-7-4-5-8(11(17)6-7)13-12-9(14(18)19)2-1-3-10(12)15(20)21/h1-6,13,16-17H. The monoisotopic (exact) mass is 291 g/mol. The van der Waals surface area contributed by atoms with Crippen LogP contribution in [0.15, 0.2) is 36.4 Å². The molecule has 0 radical (unpaired) electrons. The Bertz CT molecular complexity index is 699. The number of nitro benzene ring substituents is 2. The molecule has 0 saturated heterocycles. The van der Waals surface area contributed by atoms with Gasteiger partial charge in [-0.1, -0.05) is 0 Å². The lowest BCUT2D eigenvalue weighted by Gasteiger charge is -2.09. The summed E-state index contributed by atoms with van der Waals surface area (Å²) in [4.78, 5) is 20.4. The minimum Gasteiger partial charge on any atom is -0.508 e. The molecular weight excluding hydrogens is 282 g/mol. The molecule has 0 bridgehead atoms. The van der Waals surface area contributed by atoms with Crippen LogP contribution in [0.3, 0.4) is 0 Å². The molecule has 2 rings (SSSR count). The number of phenolic OH excluding ortho intramolecular Hbond substituents is 2. The molecule has 0 unspecified atom stereocenters. The highest BCUT2D eigenvalue weighted by atomic mass is 16.6. The van der Waals surface area contributed by atoms with Crippen LogP contribution in [-0.4, -0.2) is 20.1 Å². The number of anilines is 2. The van der Waals surface area contributed by atoms with Gasteiger partial charge in [-0.15, -0.1) is 0 Å². The molecule has 0 amide bonds. The van der Waals surface area contributed by atoms with Crippen molar-refractivity contribution in [1.29, 1.82) is 0 Å². The average molecular weight is 291 g/mol. The third kappa shape index (κ3) is 2.81. The van der Waals surface area contributed by atoms with Crippen molar-refractivity contribution in [2.45, 2.75) is 0 Å². The van der Waals surface area contributed by atoms with E-state index in [2.05, 4.69) is 5.32 Å². The molecule has 21 heavy (non-hydrogen) atoms. The van der Waals surface area contributed by atoms with Gasteiger partial charge >= 0.3 is 0 Å². The maximum absolute atomic E-state index is 11.0. The van der Waals surface area contributed by atoms with Crippen molar-refractivity contribution in [1.82, 2.24) is 0 Å². The van der Waals surface area contributed by atoms with Crippen molar-refractivity contribution in [3.63, 3.8) is 0 Å². The van der Waals surface area contributed by atoms with Gasteiger partial charge in [0.15, 0.2) is 5.69 Å². The van der Waals surface area contributed by atoms with Crippen LogP contribution >= 0.6 is 0 Å². The Morgan fingerprint density at radius 2 is 1.52 bits per heavy atom. The first kappa shape index (κ1) is 14.1. The molecule has 2 aromatic rings. The number of nitro groups is 2. The minimum absolute atomic E-state index is 0.00907. The van der Waals surface area contributed by atoms with Gasteiger partial charge in [-0.3, -0.25) is 20.2 Å². The molecule has 0 atom stereocenters. The molecule has 9 nitrogen and oxygen atoms in total. The Labute approximate surface area is 117 Å². The van der Waals surface area contributed by atoms with Crippen molar-refractivity contribution in [2.75, 3.05) is 5.32 Å². The summed E-state index contributed by atoms with van der Waals surface area (Å²) in [5.74, 6) is -0.613. The second-order valence-corrected chi connectivity index (χ2v) is 4.01. The van der Waals surface area contributed by atoms with Crippen LogP contribution in [0, 0.1) is 20.2 Å². The van der Waals surface area contributed by atoms with E-state index in [-0.39, 0.29) is 17.1 Å². The summed E-state index contributed by atoms with van der Waals surface area (Å²) in [6.45, 7) is 0. The lowest BCUT2D eigenvalue weighted by Crippen LogP contribution is -2.01. The molecule has 0 aliphatic heterocycles. The summed E-state index contributed by atoms with van der Waals surface area (Å²) < 4.78 is 0. The van der Waals surface area contributed by atoms with Gasteiger partial charge in [-0.05, 0) is 18.2 Å². The molecule has 0 aromatic heterocycles. The molecule has 0 spiro atoms. The zero-order chi connectivity index (χ0) is 15.6. The van der Waals surface area contributed by atoms with E-state index < -0.39 is 27.0 Å². The number of nitrogens with one attached hydrogen (secondary N) is 1. The van der Waals surface area contributed by atoms with Crippen LogP contribution in [0.5, 0.6) is 11.5 Å². The Morgan fingerprint density at radius 3 is 2.00 bits per heavy atom. The Balaban J connectivity index is 2.56. The maximum Gasteiger partial charge on any atom is 0.299 e. The first-order chi connectivity index (χ1) is 9.90. The molecule has 2 aromatic carbocycles. The largest absolute Gasteiger partial charge is 0.508 e. The van der Waals surface area contributed by atoms with Gasteiger partial charge in [0.25, 0.3) is 11.4 Å². The van der Waals surface area contributed by atoms with E-state index in [4.69, 9.17) is 0 Å². The molecule has 0 aliphatic carbocycles. The number of hydrogen-bond donors (Lipinski definition) is 3. The summed E-state index contributed by atoms with van der Waals surface area (Å²) in [5, 5.41) is 43.2. The van der Waals surface area contributed by atoms with Crippen LogP contribution in [0.25, 0.3) is 0 Å². The lowest BCUT2D eigenvalue weighted by atomic mass is 10.2. The summed E-state index contributed by atoms with van der Waals surface area (Å²) in [6, 6.07) is 6.87. The third-order valence-electron chi connectivity index (χ3n) is 2.65. The quantitative estimate of drug-likeness (QED) is 0.340. The SMILES string of the molecule is O=[N+]([O-])c1cccc([N+](=O)[O-])c1Nc1ccc(O)cc1O. The Kier molecular flexibility index (Phi) is 3.57. The van der Waals surface area contributed by atoms with Crippen molar-refractivity contribution in [2.24, 2.45) is 0 Å². The number of nitrogens with zero attached hydrogens (tertiary/aromatic N) is 2. The predicted octanol–water partition coefficient (Wildman–Crippen LogP) is 2.66. The Hall–Kier alpha value is -3.36. The number of para-hydroxylation sites is 1. The van der Waals surface area contributed by atoms with E-state index in [1.54, 1.807) is 0 Å². The molecule has 0 heterocycles. The average Bonchev–Trinajstić information content (AvgIpc) is 2.41. The van der Waals surface area contributed by atoms with Gasteiger partial charge in [0, 0.05) is 18.2 Å². The van der Waals surface area contributed by atoms with Gasteiger partial charge in [-0.25, -0.2) is 0 Å². The second kappa shape index (κ2) is 5.33. The number of phenols is 2. The summed E-state index contributed by atoms with van der Waals surface area (Å²) in [7, 11) is 0. The fourth-order valence-electron chi connectivity index (χ4n) is 1.72. The number of aromatic hydroxyl groups is 2. The van der Waals surface area contributed by atoms with Crippen LogP contribution in [-0.2, 0) is 0 Å². The fourth-order valence-corrected chi connectivity index (χ4v) is 1.72. The summed E-state index contributed by atoms with van der Waals surface area (Å²) in [6.07, 6.45) is 0. The van der Waals surface area contributed by atoms with Crippen LogP contribution in [0.2, 0.25) is 0 Å². The van der Waals surface area contributed by atoms with E-state index in [1.807, 2.05) is 0 Å². The van der Waals surface area contributed by atoms with Gasteiger partial charge in [0.05, 0.1) is 15.5 Å². The summed E-state index contributed by atoms with van der Waals surface area (Å²) >= 11 is 0. The van der Waals surface area contributed by atoms with E-state index in [0.717, 1.165) is 18.2 Å². The zero-order valence-electron chi connectivity index (χ0n) is 10.4. The van der Waals surface area contributed by atoms with Gasteiger partial charge in [0.2, 0.25) is 0 Å². The highest BCUT2D eigenvalue weighted by Gasteiger charge is 2.25. The minimum atomic E-state index is -0.771. The van der Waals surface area contributed by atoms with Crippen LogP contribution in [0.4, 0.5) is 22.7 Å². The van der Waals surface area contributed by atoms with Crippen molar-refractivity contribution < 1.29 is 20.1 Å². The zero-order valence-corrected chi connectivity index (χ0v) is 10.4. The van der Waals surface area contributed by atoms with E-state index >= 15 is 0 Å². The molecule has 108 valence electrons. The van der Waals surface area contributed by atoms with Crippen molar-refractivity contribution >= 4 is 22.7 Å². The van der Waals surface area contributed by atoms with Crippen molar-refractivity contribution in [3.05, 3.63) is 56.6 Å². The molecular formula is C12H9N3O6. The first-order valence-corrected chi connectivity index (χ1v) is 5.61. The highest BCUT2D eigenvalue weighted by Crippen LogP contribution is 2.38. The highest BCUT2D eigenvalue weighted by molar-refractivity contribution is 5.80. The van der Waals surface area contributed by atoms with Crippen molar-refractivity contribution in [3.8, 4) is 11.5 Å². The molecule has 0 saturated carbocycles. The lowest BCUT2D eigenvalue weighted by molar-refractivity contribution is -0.392. The fraction of sp³-hybridized carbons (Fsp3) is 0. The Morgan fingerprint density at radius 1 is 0.952 bits per heavy atom. The van der Waals surface area contributed by atoms with E-state index in [0.29, 0.717) is 0 Å². The summed E-state index contributed by atoms with van der Waals surface area (Å²) in [5.41, 5.74) is -1.37. The molecule has 0 aliphatic rings. The van der Waals surface area contributed by atoms with Gasteiger partial charge < -0.3 is 15.5 Å². The number of hydrogen-bond acceptors (Lipinski definition) is 7. The van der Waals surface area contributed by atoms with Crippen LogP contribution in [0.1, 0.15) is 0 Å². The van der Waals surface area contributed by atoms with E-state index in [9.17, 15) is 30.4 Å². The normalized spacial score (nSPS) is 10.1. The molecule has 3 N–H and O–H groups in total. The molecule has 0 fully saturated rings. The topological polar surface area (TPSA) is 139 Å². The smallest absolute Gasteiger partial charge is 0.299 e. The number of benzene rings is 2. The third-order valence-corrected chi connectivity index (χ3v) is 2.65. The maximum atomic E-state index is 11.0. The van der Waals surface area contributed by atoms with Gasteiger partial charge in [0.1, 0.15) is 11.5 Å². The van der Waals surface area contributed by atoms with Crippen LogP contribution < -0.4 is 5.32 Å².